The molecule has 0 bridgehead atoms. The number of benzene rings is 1. The van der Waals surface area contributed by atoms with Gasteiger partial charge < -0.3 is 5.32 Å². The van der Waals surface area contributed by atoms with Gasteiger partial charge in [-0.25, -0.2) is 8.78 Å². The molecule has 5 heteroatoms. The van der Waals surface area contributed by atoms with Crippen LogP contribution >= 0.6 is 0 Å². The molecule has 1 N–H and O–H groups in total. The molecular weight excluding hydrogens is 236 g/mol. The average molecular weight is 249 g/mol. The number of nitrogens with one attached hydrogen (secondary N) is 1. The van der Waals surface area contributed by atoms with Crippen molar-refractivity contribution in [1.82, 2.24) is 15.3 Å². The molecular formula is C13H13F2N3. The average Bonchev–Trinajstić information content (AvgIpc) is 2.35. The first-order valence-electron chi connectivity index (χ1n) is 5.52. The summed E-state index contributed by atoms with van der Waals surface area (Å²) in [4.78, 5) is 8.33. The van der Waals surface area contributed by atoms with Gasteiger partial charge >= 0.3 is 0 Å². The molecule has 0 fully saturated rings. The Balaban J connectivity index is 2.41. The predicted molar refractivity (Wildman–Crippen MR) is 64.0 cm³/mol. The van der Waals surface area contributed by atoms with Crippen LogP contribution in [0, 0.1) is 18.6 Å². The molecule has 1 aromatic carbocycles. The van der Waals surface area contributed by atoms with E-state index in [-0.39, 0.29) is 0 Å². The van der Waals surface area contributed by atoms with Crippen LogP contribution in [0.2, 0.25) is 0 Å². The zero-order valence-electron chi connectivity index (χ0n) is 10.1. The van der Waals surface area contributed by atoms with E-state index in [9.17, 15) is 8.78 Å². The molecule has 0 radical (unpaired) electrons. The predicted octanol–water partition coefficient (Wildman–Crippen LogP) is 2.37. The molecule has 1 atom stereocenters. The van der Waals surface area contributed by atoms with E-state index >= 15 is 0 Å². The fraction of sp³-hybridized carbons (Fsp3) is 0.231. The van der Waals surface area contributed by atoms with Crippen LogP contribution in [-0.4, -0.2) is 17.0 Å². The SMILES string of the molecule is CNC(c1cnc(C)cn1)c1ccc(F)cc1F. The number of rotatable bonds is 3. The van der Waals surface area contributed by atoms with E-state index < -0.39 is 17.7 Å². The largest absolute Gasteiger partial charge is 0.308 e. The third kappa shape index (κ3) is 2.51. The van der Waals surface area contributed by atoms with E-state index in [1.54, 1.807) is 19.4 Å². The van der Waals surface area contributed by atoms with Crippen LogP contribution < -0.4 is 5.32 Å². The van der Waals surface area contributed by atoms with Crippen molar-refractivity contribution in [3.63, 3.8) is 0 Å². The summed E-state index contributed by atoms with van der Waals surface area (Å²) in [6.07, 6.45) is 3.19. The summed E-state index contributed by atoms with van der Waals surface area (Å²) >= 11 is 0. The van der Waals surface area contributed by atoms with Gasteiger partial charge in [-0.3, -0.25) is 9.97 Å². The molecule has 0 saturated carbocycles. The van der Waals surface area contributed by atoms with Gasteiger partial charge in [-0.05, 0) is 20.0 Å². The summed E-state index contributed by atoms with van der Waals surface area (Å²) in [5.74, 6) is -1.20. The molecule has 1 unspecified atom stereocenters. The number of hydrogen-bond donors (Lipinski definition) is 1. The van der Waals surface area contributed by atoms with Crippen LogP contribution in [0.3, 0.4) is 0 Å². The van der Waals surface area contributed by atoms with Crippen molar-refractivity contribution < 1.29 is 8.78 Å². The van der Waals surface area contributed by atoms with Gasteiger partial charge in [0, 0.05) is 17.8 Å². The smallest absolute Gasteiger partial charge is 0.131 e. The zero-order chi connectivity index (χ0) is 13.1. The summed E-state index contributed by atoms with van der Waals surface area (Å²) in [7, 11) is 1.69. The van der Waals surface area contributed by atoms with Gasteiger partial charge in [-0.1, -0.05) is 6.07 Å². The molecule has 0 aliphatic rings. The summed E-state index contributed by atoms with van der Waals surface area (Å²) in [6, 6.07) is 3.05. The van der Waals surface area contributed by atoms with Crippen molar-refractivity contribution in [3.05, 3.63) is 59.2 Å². The highest BCUT2D eigenvalue weighted by molar-refractivity contribution is 5.28. The monoisotopic (exact) mass is 249 g/mol. The van der Waals surface area contributed by atoms with E-state index in [1.165, 1.54) is 12.1 Å². The molecule has 2 aromatic rings. The van der Waals surface area contributed by atoms with Crippen molar-refractivity contribution in [2.75, 3.05) is 7.05 Å². The van der Waals surface area contributed by atoms with Crippen LogP contribution in [0.5, 0.6) is 0 Å². The lowest BCUT2D eigenvalue weighted by molar-refractivity contribution is 0.547. The second-order valence-electron chi connectivity index (χ2n) is 3.97. The van der Waals surface area contributed by atoms with Crippen LogP contribution in [0.25, 0.3) is 0 Å². The van der Waals surface area contributed by atoms with Crippen molar-refractivity contribution in [3.8, 4) is 0 Å². The fourth-order valence-corrected chi connectivity index (χ4v) is 1.75. The second-order valence-corrected chi connectivity index (χ2v) is 3.97. The maximum Gasteiger partial charge on any atom is 0.131 e. The minimum absolute atomic E-state index is 0.344. The molecule has 0 aliphatic carbocycles. The van der Waals surface area contributed by atoms with Crippen LogP contribution in [0.15, 0.2) is 30.6 Å². The molecule has 1 aromatic heterocycles. The third-order valence-electron chi connectivity index (χ3n) is 2.66. The Morgan fingerprint density at radius 3 is 2.50 bits per heavy atom. The Bertz CT molecular complexity index is 540. The molecule has 2 rings (SSSR count). The second kappa shape index (κ2) is 5.18. The highest BCUT2D eigenvalue weighted by atomic mass is 19.1. The standard InChI is InChI=1S/C13H13F2N3/c1-8-6-18-12(7-17-8)13(16-2)10-4-3-9(14)5-11(10)15/h3-7,13,16H,1-2H3. The number of aryl methyl sites for hydroxylation is 1. The summed E-state index contributed by atoms with van der Waals surface area (Å²) in [6.45, 7) is 1.82. The minimum atomic E-state index is -0.600. The summed E-state index contributed by atoms with van der Waals surface area (Å²) in [5.41, 5.74) is 1.72. The first-order chi connectivity index (χ1) is 8.61. The Labute approximate surface area is 104 Å². The molecule has 0 saturated heterocycles. The lowest BCUT2D eigenvalue weighted by Gasteiger charge is -2.16. The fourth-order valence-electron chi connectivity index (χ4n) is 1.75. The van der Waals surface area contributed by atoms with Gasteiger partial charge in [0.2, 0.25) is 0 Å². The molecule has 3 nitrogen and oxygen atoms in total. The van der Waals surface area contributed by atoms with Gasteiger partial charge in [-0.15, -0.1) is 0 Å². The Hall–Kier alpha value is -1.88. The quantitative estimate of drug-likeness (QED) is 0.907. The number of nitrogens with zero attached hydrogens (tertiary/aromatic N) is 2. The van der Waals surface area contributed by atoms with E-state index in [1.807, 2.05) is 6.92 Å². The lowest BCUT2D eigenvalue weighted by atomic mass is 10.0. The number of halogens is 2. The lowest BCUT2D eigenvalue weighted by Crippen LogP contribution is -2.20. The highest BCUT2D eigenvalue weighted by Gasteiger charge is 2.18. The normalized spacial score (nSPS) is 12.4. The molecule has 1 heterocycles. The van der Waals surface area contributed by atoms with Gasteiger partial charge in [0.25, 0.3) is 0 Å². The minimum Gasteiger partial charge on any atom is -0.308 e. The molecule has 0 aliphatic heterocycles. The first kappa shape index (κ1) is 12.6. The maximum absolute atomic E-state index is 13.7. The topological polar surface area (TPSA) is 37.8 Å². The van der Waals surface area contributed by atoms with Gasteiger partial charge in [0.05, 0.1) is 23.6 Å². The Morgan fingerprint density at radius 2 is 1.94 bits per heavy atom. The van der Waals surface area contributed by atoms with Crippen molar-refractivity contribution in [2.24, 2.45) is 0 Å². The van der Waals surface area contributed by atoms with E-state index in [4.69, 9.17) is 0 Å². The first-order valence-corrected chi connectivity index (χ1v) is 5.52. The number of hydrogen-bond acceptors (Lipinski definition) is 3. The van der Waals surface area contributed by atoms with Gasteiger partial charge in [0.1, 0.15) is 11.6 Å². The van der Waals surface area contributed by atoms with E-state index in [0.29, 0.717) is 11.3 Å². The van der Waals surface area contributed by atoms with Crippen molar-refractivity contribution in [1.29, 1.82) is 0 Å². The Morgan fingerprint density at radius 1 is 1.17 bits per heavy atom. The maximum atomic E-state index is 13.7. The molecule has 0 spiro atoms. The van der Waals surface area contributed by atoms with Crippen LogP contribution in [0.4, 0.5) is 8.78 Å². The van der Waals surface area contributed by atoms with Gasteiger partial charge in [-0.2, -0.15) is 0 Å². The Kier molecular flexibility index (Phi) is 3.62. The van der Waals surface area contributed by atoms with Crippen molar-refractivity contribution >= 4 is 0 Å². The third-order valence-corrected chi connectivity index (χ3v) is 2.66. The number of aromatic nitrogens is 2. The van der Waals surface area contributed by atoms with Gasteiger partial charge in [0.15, 0.2) is 0 Å². The molecule has 18 heavy (non-hydrogen) atoms. The molecule has 0 amide bonds. The van der Waals surface area contributed by atoms with Crippen LogP contribution in [0.1, 0.15) is 23.0 Å². The summed E-state index contributed by atoms with van der Waals surface area (Å²) in [5, 5.41) is 2.95. The highest BCUT2D eigenvalue weighted by Crippen LogP contribution is 2.22. The zero-order valence-corrected chi connectivity index (χ0v) is 10.1. The van der Waals surface area contributed by atoms with Crippen molar-refractivity contribution in [2.45, 2.75) is 13.0 Å². The molecule has 94 valence electrons. The van der Waals surface area contributed by atoms with E-state index in [0.717, 1.165) is 11.8 Å². The van der Waals surface area contributed by atoms with Crippen LogP contribution in [-0.2, 0) is 0 Å². The van der Waals surface area contributed by atoms with E-state index in [2.05, 4.69) is 15.3 Å². The summed E-state index contributed by atoms with van der Waals surface area (Å²) < 4.78 is 26.6.